The number of nitrogens with zero attached hydrogens (tertiary/aromatic N) is 5. The lowest BCUT2D eigenvalue weighted by Crippen LogP contribution is -2.10. The first kappa shape index (κ1) is 40.1. The number of anilines is 3. The van der Waals surface area contributed by atoms with Crippen LogP contribution in [-0.2, 0) is 0 Å². The number of rotatable bonds is 9. The molecule has 318 valence electrons. The van der Waals surface area contributed by atoms with Crippen LogP contribution >= 0.6 is 0 Å². The van der Waals surface area contributed by atoms with E-state index < -0.39 is 0 Å². The van der Waals surface area contributed by atoms with E-state index >= 15 is 0 Å². The lowest BCUT2D eigenvalue weighted by Gasteiger charge is -2.26. The molecule has 0 saturated heterocycles. The minimum atomic E-state index is -0.0607. The van der Waals surface area contributed by atoms with Gasteiger partial charge in [-0.1, -0.05) is 140 Å². The molecule has 0 N–H and O–H groups in total. The molecule has 0 radical (unpaired) electrons. The zero-order valence-corrected chi connectivity index (χ0v) is 36.9. The second-order valence-corrected chi connectivity index (χ2v) is 17.2. The number of aromatic nitrogens is 2. The largest absolute Gasteiger partial charge is 0.310 e. The summed E-state index contributed by atoms with van der Waals surface area (Å²) in [7, 11) is 0. The van der Waals surface area contributed by atoms with Crippen molar-refractivity contribution in [2.45, 2.75) is 5.92 Å². The minimum absolute atomic E-state index is 0.0607. The van der Waals surface area contributed by atoms with Gasteiger partial charge >= 0.3 is 0 Å². The summed E-state index contributed by atoms with van der Waals surface area (Å²) >= 11 is 0. The molecule has 0 spiro atoms. The molecule has 12 rings (SSSR count). The van der Waals surface area contributed by atoms with Gasteiger partial charge in [0.25, 0.3) is 0 Å². The Labute approximate surface area is 394 Å². The highest BCUT2D eigenvalue weighted by molar-refractivity contribution is 6.11. The van der Waals surface area contributed by atoms with Crippen molar-refractivity contribution in [3.05, 3.63) is 276 Å². The Morgan fingerprint density at radius 3 is 1.37 bits per heavy atom. The summed E-state index contributed by atoms with van der Waals surface area (Å²) in [6.07, 6.45) is 0. The number of hydrogen-bond donors (Lipinski definition) is 0. The van der Waals surface area contributed by atoms with E-state index in [2.05, 4.69) is 231 Å². The average Bonchev–Trinajstić information content (AvgIpc) is 3.92. The molecule has 10 aromatic carbocycles. The van der Waals surface area contributed by atoms with Crippen LogP contribution in [0, 0.1) is 17.9 Å². The topological polar surface area (TPSA) is 41.2 Å². The van der Waals surface area contributed by atoms with Crippen LogP contribution in [0.1, 0.15) is 28.2 Å². The van der Waals surface area contributed by atoms with Gasteiger partial charge in [0.1, 0.15) is 0 Å². The molecule has 0 saturated carbocycles. The molecule has 0 fully saturated rings. The van der Waals surface area contributed by atoms with Crippen LogP contribution in [0.5, 0.6) is 0 Å². The van der Waals surface area contributed by atoms with Crippen molar-refractivity contribution in [3.8, 4) is 28.6 Å². The maximum atomic E-state index is 9.67. The molecule has 0 bridgehead atoms. The zero-order valence-electron chi connectivity index (χ0n) is 36.9. The van der Waals surface area contributed by atoms with E-state index in [1.807, 2.05) is 36.4 Å². The Kier molecular flexibility index (Phi) is 9.94. The van der Waals surface area contributed by atoms with Crippen LogP contribution in [0.2, 0.25) is 0 Å². The Bertz CT molecular complexity index is 3630. The molecule has 5 nitrogen and oxygen atoms in total. The number of hydrogen-bond acceptors (Lipinski definition) is 2. The summed E-state index contributed by atoms with van der Waals surface area (Å²) in [5.41, 5.74) is 16.8. The van der Waals surface area contributed by atoms with Gasteiger partial charge in [-0.25, -0.2) is 4.85 Å². The summed E-state index contributed by atoms with van der Waals surface area (Å²) in [5, 5.41) is 14.4. The predicted molar refractivity (Wildman–Crippen MR) is 280 cm³/mol. The van der Waals surface area contributed by atoms with E-state index in [1.165, 1.54) is 32.8 Å². The standard InChI is InChI=1S/C63H41N5/c1-65-49-31-26-47(27-32-49)63(48-30-38-61-57(40-48)55-16-8-10-18-59(55)67(61)50-12-4-2-5-13-50)46-24-22-44(23-25-46)45-28-35-53(36-29-45)66(52-33-20-43(42-64)21-34-52)54-37-39-62-58(41-54)56-17-9-11-19-60(56)68(62)51-14-6-3-7-15-51/h2-41,63H. The van der Waals surface area contributed by atoms with E-state index in [-0.39, 0.29) is 5.92 Å². The van der Waals surface area contributed by atoms with Gasteiger partial charge in [0.15, 0.2) is 5.69 Å². The quantitative estimate of drug-likeness (QED) is 0.107. The first-order valence-corrected chi connectivity index (χ1v) is 22.8. The van der Waals surface area contributed by atoms with Gasteiger partial charge in [-0.05, 0) is 131 Å². The molecule has 0 aliphatic rings. The lowest BCUT2D eigenvalue weighted by molar-refractivity contribution is 0.980. The van der Waals surface area contributed by atoms with E-state index in [1.54, 1.807) is 0 Å². The number of benzene rings is 10. The molecular weight excluding hydrogens is 827 g/mol. The summed E-state index contributed by atoms with van der Waals surface area (Å²) in [6.45, 7) is 7.63. The first-order valence-electron chi connectivity index (χ1n) is 22.8. The summed E-state index contributed by atoms with van der Waals surface area (Å²) in [4.78, 5) is 5.96. The normalized spacial score (nSPS) is 11.7. The Morgan fingerprint density at radius 2 is 0.824 bits per heavy atom. The molecule has 0 aliphatic carbocycles. The predicted octanol–water partition coefficient (Wildman–Crippen LogP) is 16.6. The zero-order chi connectivity index (χ0) is 45.6. The van der Waals surface area contributed by atoms with E-state index in [0.29, 0.717) is 11.3 Å². The van der Waals surface area contributed by atoms with Crippen LogP contribution in [0.25, 0.3) is 71.0 Å². The highest BCUT2D eigenvalue weighted by Crippen LogP contribution is 2.42. The fourth-order valence-electron chi connectivity index (χ4n) is 10.1. The molecule has 0 amide bonds. The Morgan fingerprint density at radius 1 is 0.397 bits per heavy atom. The molecule has 2 aromatic heterocycles. The van der Waals surface area contributed by atoms with Crippen molar-refractivity contribution in [1.82, 2.24) is 9.13 Å². The van der Waals surface area contributed by atoms with Crippen LogP contribution < -0.4 is 4.90 Å². The van der Waals surface area contributed by atoms with Crippen molar-refractivity contribution in [2.24, 2.45) is 0 Å². The van der Waals surface area contributed by atoms with Gasteiger partial charge in [-0.15, -0.1) is 0 Å². The van der Waals surface area contributed by atoms with Gasteiger partial charge in [0.05, 0.1) is 40.3 Å². The molecular formula is C63H41N5. The summed E-state index contributed by atoms with van der Waals surface area (Å²) < 4.78 is 4.68. The van der Waals surface area contributed by atoms with Gasteiger partial charge in [-0.2, -0.15) is 5.26 Å². The highest BCUT2D eigenvalue weighted by atomic mass is 15.1. The molecule has 1 unspecified atom stereocenters. The second kappa shape index (κ2) is 16.9. The van der Waals surface area contributed by atoms with Crippen LogP contribution in [0.3, 0.4) is 0 Å². The Hall–Kier alpha value is -9.42. The maximum absolute atomic E-state index is 9.67. The van der Waals surface area contributed by atoms with Gasteiger partial charge in [0.2, 0.25) is 0 Å². The third kappa shape index (κ3) is 6.95. The summed E-state index contributed by atoms with van der Waals surface area (Å²) in [5.74, 6) is -0.0607. The number of nitriles is 1. The van der Waals surface area contributed by atoms with Crippen molar-refractivity contribution in [3.63, 3.8) is 0 Å². The van der Waals surface area contributed by atoms with E-state index in [4.69, 9.17) is 6.57 Å². The van der Waals surface area contributed by atoms with Gasteiger partial charge in [-0.3, -0.25) is 0 Å². The van der Waals surface area contributed by atoms with Crippen molar-refractivity contribution < 1.29 is 0 Å². The molecule has 68 heavy (non-hydrogen) atoms. The summed E-state index contributed by atoms with van der Waals surface area (Å²) in [6, 6.07) is 87.7. The van der Waals surface area contributed by atoms with Gasteiger partial charge < -0.3 is 14.0 Å². The highest BCUT2D eigenvalue weighted by Gasteiger charge is 2.22. The third-order valence-electron chi connectivity index (χ3n) is 13.3. The monoisotopic (exact) mass is 867 g/mol. The van der Waals surface area contributed by atoms with Crippen molar-refractivity contribution >= 4 is 66.4 Å². The molecule has 0 aliphatic heterocycles. The minimum Gasteiger partial charge on any atom is -0.310 e. The fourth-order valence-corrected chi connectivity index (χ4v) is 10.1. The number of fused-ring (bicyclic) bond motifs is 6. The molecule has 2 heterocycles. The van der Waals surface area contributed by atoms with E-state index in [0.717, 1.165) is 67.1 Å². The van der Waals surface area contributed by atoms with Crippen LogP contribution in [-0.4, -0.2) is 9.13 Å². The average molecular weight is 868 g/mol. The number of para-hydroxylation sites is 4. The first-order chi connectivity index (χ1) is 33.6. The molecule has 5 heteroatoms. The van der Waals surface area contributed by atoms with E-state index in [9.17, 15) is 5.26 Å². The van der Waals surface area contributed by atoms with Crippen molar-refractivity contribution in [2.75, 3.05) is 4.90 Å². The smallest absolute Gasteiger partial charge is 0.187 e. The molecule has 1 atom stereocenters. The lowest BCUT2D eigenvalue weighted by atomic mass is 9.84. The van der Waals surface area contributed by atoms with Gasteiger partial charge in [0, 0.05) is 55.9 Å². The molecule has 12 aromatic rings. The third-order valence-corrected chi connectivity index (χ3v) is 13.3. The Balaban J connectivity index is 0.917. The maximum Gasteiger partial charge on any atom is 0.187 e. The van der Waals surface area contributed by atoms with Crippen LogP contribution in [0.4, 0.5) is 22.7 Å². The van der Waals surface area contributed by atoms with Crippen LogP contribution in [0.15, 0.2) is 243 Å². The fraction of sp³-hybridized carbons (Fsp3) is 0.0159. The van der Waals surface area contributed by atoms with Crippen molar-refractivity contribution in [1.29, 1.82) is 5.26 Å². The SMILES string of the molecule is [C-]#[N+]c1ccc(C(c2ccc(-c3ccc(N(c4ccc(C#N)cc4)c4ccc5c(c4)c4ccccc4n5-c4ccccc4)cc3)cc2)c2ccc3c(c2)c2ccccc2n3-c2ccccc2)cc1. The second-order valence-electron chi connectivity index (χ2n) is 17.2.